The monoisotopic (exact) mass is 396 g/mol. The van der Waals surface area contributed by atoms with Crippen LogP contribution in [0.2, 0.25) is 0 Å². The molecule has 0 spiro atoms. The minimum atomic E-state index is -0.725. The van der Waals surface area contributed by atoms with Gasteiger partial charge in [-0.3, -0.25) is 4.79 Å². The lowest BCUT2D eigenvalue weighted by molar-refractivity contribution is -0.126. The Hall–Kier alpha value is -2.91. The first kappa shape index (κ1) is 21.4. The van der Waals surface area contributed by atoms with Crippen LogP contribution < -0.4 is 10.1 Å². The van der Waals surface area contributed by atoms with Gasteiger partial charge in [-0.15, -0.1) is 18.2 Å². The molecule has 5 nitrogen and oxygen atoms in total. The van der Waals surface area contributed by atoms with Gasteiger partial charge in [0, 0.05) is 11.6 Å². The van der Waals surface area contributed by atoms with E-state index in [2.05, 4.69) is 23.0 Å². The zero-order chi connectivity index (χ0) is 20.7. The van der Waals surface area contributed by atoms with Gasteiger partial charge in [0.15, 0.2) is 0 Å². The molecule has 146 valence electrons. The number of rotatable bonds is 8. The first-order chi connectivity index (χ1) is 13.3. The first-order valence-corrected chi connectivity index (χ1v) is 9.93. The fourth-order valence-electron chi connectivity index (χ4n) is 2.47. The van der Waals surface area contributed by atoms with E-state index in [9.17, 15) is 4.79 Å². The van der Waals surface area contributed by atoms with E-state index in [0.717, 1.165) is 11.1 Å². The van der Waals surface area contributed by atoms with Crippen molar-refractivity contribution in [1.82, 2.24) is 10.5 Å². The lowest BCUT2D eigenvalue weighted by atomic mass is 10.0. The third-order valence-corrected chi connectivity index (χ3v) is 4.87. The van der Waals surface area contributed by atoms with E-state index in [1.165, 1.54) is 18.0 Å². The molecule has 0 fully saturated rings. The highest BCUT2D eigenvalue weighted by molar-refractivity contribution is 7.99. The Morgan fingerprint density at radius 2 is 2.21 bits per heavy atom. The number of hydrogen-bond acceptors (Lipinski definition) is 5. The van der Waals surface area contributed by atoms with E-state index in [0.29, 0.717) is 17.0 Å². The molecule has 0 aliphatic heterocycles. The van der Waals surface area contributed by atoms with Crippen molar-refractivity contribution in [2.75, 3.05) is 6.26 Å². The molecule has 1 atom stereocenters. The number of terminal acetylenes is 1. The summed E-state index contributed by atoms with van der Waals surface area (Å²) in [6.45, 7) is 9.39. The van der Waals surface area contributed by atoms with Crippen LogP contribution in [0.4, 0.5) is 0 Å². The van der Waals surface area contributed by atoms with Crippen LogP contribution in [0.15, 0.2) is 53.3 Å². The van der Waals surface area contributed by atoms with Crippen molar-refractivity contribution in [3.05, 3.63) is 65.6 Å². The fourth-order valence-corrected chi connectivity index (χ4v) is 2.95. The minimum absolute atomic E-state index is 0.256. The Kier molecular flexibility index (Phi) is 7.13. The largest absolute Gasteiger partial charge is 0.470 e. The van der Waals surface area contributed by atoms with Crippen molar-refractivity contribution in [1.29, 1.82) is 0 Å². The maximum Gasteiger partial charge on any atom is 0.272 e. The summed E-state index contributed by atoms with van der Waals surface area (Å²) in [4.78, 5) is 12.7. The van der Waals surface area contributed by atoms with Gasteiger partial charge >= 0.3 is 0 Å². The standard InChI is InChI=1S/C22H24N2O3S/c1-7-16(8-2)13-17-14-18(10-9-15(17)3)27-21(28-6)20(25)23-22(4,5)19-11-12-26-24-19/h1,8-14,21H,2H2,3-6H3,(H,23,25)/b16-13-. The Balaban J connectivity index is 2.18. The molecule has 0 aliphatic rings. The highest BCUT2D eigenvalue weighted by Crippen LogP contribution is 2.24. The van der Waals surface area contributed by atoms with Gasteiger partial charge in [0.1, 0.15) is 17.7 Å². The van der Waals surface area contributed by atoms with Crippen LogP contribution in [0.1, 0.15) is 30.7 Å². The molecule has 1 aromatic heterocycles. The molecule has 0 saturated carbocycles. The number of nitrogens with one attached hydrogen (secondary N) is 1. The number of carbonyl (C=O) groups excluding carboxylic acids is 1. The molecule has 2 aromatic rings. The van der Waals surface area contributed by atoms with Gasteiger partial charge in [0.2, 0.25) is 5.44 Å². The average Bonchev–Trinajstić information content (AvgIpc) is 3.21. The lowest BCUT2D eigenvalue weighted by Crippen LogP contribution is -2.46. The van der Waals surface area contributed by atoms with E-state index < -0.39 is 11.0 Å². The summed E-state index contributed by atoms with van der Waals surface area (Å²) in [6, 6.07) is 7.33. The molecule has 1 amide bonds. The number of thioether (sulfide) groups is 1. The number of carbonyl (C=O) groups is 1. The molecule has 0 saturated heterocycles. The summed E-state index contributed by atoms with van der Waals surface area (Å²) in [5.41, 5.74) is 1.85. The summed E-state index contributed by atoms with van der Waals surface area (Å²) < 4.78 is 10.8. The van der Waals surface area contributed by atoms with Gasteiger partial charge in [-0.25, -0.2) is 0 Å². The topological polar surface area (TPSA) is 64.4 Å². The lowest BCUT2D eigenvalue weighted by Gasteiger charge is -2.26. The molecule has 28 heavy (non-hydrogen) atoms. The van der Waals surface area contributed by atoms with Gasteiger partial charge in [0.05, 0.1) is 5.54 Å². The van der Waals surface area contributed by atoms with Crippen LogP contribution in [0, 0.1) is 19.3 Å². The highest BCUT2D eigenvalue weighted by atomic mass is 32.2. The Labute approximate surface area is 170 Å². The Morgan fingerprint density at radius 3 is 2.79 bits per heavy atom. The minimum Gasteiger partial charge on any atom is -0.470 e. The third-order valence-electron chi connectivity index (χ3n) is 4.13. The number of ether oxygens (including phenoxy) is 1. The molecule has 1 heterocycles. The van der Waals surface area contributed by atoms with Crippen molar-refractivity contribution >= 4 is 23.7 Å². The molecule has 1 aromatic carbocycles. The van der Waals surface area contributed by atoms with Gasteiger partial charge in [-0.2, -0.15) is 0 Å². The zero-order valence-corrected chi connectivity index (χ0v) is 17.3. The maximum atomic E-state index is 12.7. The normalized spacial score (nSPS) is 12.8. The molecule has 0 radical (unpaired) electrons. The zero-order valence-electron chi connectivity index (χ0n) is 16.5. The summed E-state index contributed by atoms with van der Waals surface area (Å²) >= 11 is 1.30. The Bertz CT molecular complexity index is 908. The highest BCUT2D eigenvalue weighted by Gasteiger charge is 2.30. The number of aryl methyl sites for hydroxylation is 1. The van der Waals surface area contributed by atoms with Crippen LogP contribution in [0.3, 0.4) is 0 Å². The van der Waals surface area contributed by atoms with Crippen molar-refractivity contribution in [3.63, 3.8) is 0 Å². The van der Waals surface area contributed by atoms with E-state index in [4.69, 9.17) is 15.7 Å². The van der Waals surface area contributed by atoms with E-state index in [-0.39, 0.29) is 5.91 Å². The van der Waals surface area contributed by atoms with E-state index in [1.54, 1.807) is 12.1 Å². The molecule has 0 bridgehead atoms. The predicted octanol–water partition coefficient (Wildman–Crippen LogP) is 4.31. The molecular formula is C22H24N2O3S. The molecule has 1 unspecified atom stereocenters. The first-order valence-electron chi connectivity index (χ1n) is 8.64. The SMILES string of the molecule is C#C/C(C=C)=C/c1cc(OC(SC)C(=O)NC(C)(C)c2ccon2)ccc1C. The Morgan fingerprint density at radius 1 is 1.46 bits per heavy atom. The van der Waals surface area contributed by atoms with Crippen LogP contribution >= 0.6 is 11.8 Å². The molecule has 6 heteroatoms. The number of benzene rings is 1. The maximum absolute atomic E-state index is 12.7. The average molecular weight is 397 g/mol. The van der Waals surface area contributed by atoms with Gasteiger partial charge in [-0.05, 0) is 56.4 Å². The number of hydrogen-bond donors (Lipinski definition) is 1. The summed E-state index contributed by atoms with van der Waals surface area (Å²) in [5.74, 6) is 2.90. The van der Waals surface area contributed by atoms with Crippen molar-refractivity contribution in [2.45, 2.75) is 31.7 Å². The van der Waals surface area contributed by atoms with Gasteiger partial charge < -0.3 is 14.6 Å². The quantitative estimate of drug-likeness (QED) is 0.409. The van der Waals surface area contributed by atoms with Gasteiger partial charge in [0.25, 0.3) is 5.91 Å². The number of allylic oxidation sites excluding steroid dienone is 2. The van der Waals surface area contributed by atoms with Crippen molar-refractivity contribution in [2.24, 2.45) is 0 Å². The molecular weight excluding hydrogens is 372 g/mol. The van der Waals surface area contributed by atoms with Gasteiger partial charge in [-0.1, -0.05) is 29.8 Å². The summed E-state index contributed by atoms with van der Waals surface area (Å²) in [5, 5.41) is 6.85. The second-order valence-electron chi connectivity index (χ2n) is 6.65. The van der Waals surface area contributed by atoms with Crippen molar-refractivity contribution < 1.29 is 14.1 Å². The number of aromatic nitrogens is 1. The second kappa shape index (κ2) is 9.34. The van der Waals surface area contributed by atoms with Crippen LogP contribution in [-0.4, -0.2) is 22.8 Å². The third kappa shape index (κ3) is 5.30. The van der Waals surface area contributed by atoms with E-state index in [1.807, 2.05) is 51.3 Å². The predicted molar refractivity (Wildman–Crippen MR) is 114 cm³/mol. The molecule has 0 aliphatic carbocycles. The number of nitrogens with zero attached hydrogens (tertiary/aromatic N) is 1. The molecule has 1 N–H and O–H groups in total. The fraction of sp³-hybridized carbons (Fsp3) is 0.273. The second-order valence-corrected chi connectivity index (χ2v) is 7.55. The molecule has 2 rings (SSSR count). The van der Waals surface area contributed by atoms with Crippen molar-refractivity contribution in [3.8, 4) is 18.1 Å². The van der Waals surface area contributed by atoms with Crippen LogP contribution in [-0.2, 0) is 10.3 Å². The van der Waals surface area contributed by atoms with E-state index >= 15 is 0 Å². The van der Waals surface area contributed by atoms with Crippen LogP contribution in [0.5, 0.6) is 5.75 Å². The number of amides is 1. The summed E-state index contributed by atoms with van der Waals surface area (Å²) in [7, 11) is 0. The smallest absolute Gasteiger partial charge is 0.272 e. The van der Waals surface area contributed by atoms with Crippen LogP contribution in [0.25, 0.3) is 6.08 Å². The summed E-state index contributed by atoms with van der Waals surface area (Å²) in [6.07, 6.45) is 12.2.